The van der Waals surface area contributed by atoms with Gasteiger partial charge in [0.15, 0.2) is 5.82 Å². The van der Waals surface area contributed by atoms with Crippen LogP contribution in [0.15, 0.2) is 47.3 Å². The number of carboxylic acid groups (broad SMARTS) is 1. The normalized spacial score (nSPS) is 14.8. The minimum Gasteiger partial charge on any atom is -0.465 e. The first-order chi connectivity index (χ1) is 17.3. The van der Waals surface area contributed by atoms with Gasteiger partial charge in [-0.05, 0) is 48.2 Å². The molecule has 3 aromatic rings. The zero-order chi connectivity index (χ0) is 27.1. The van der Waals surface area contributed by atoms with Crippen LogP contribution in [0.2, 0.25) is 0 Å². The van der Waals surface area contributed by atoms with Crippen LogP contribution in [-0.2, 0) is 13.2 Å². The second kappa shape index (κ2) is 9.56. The van der Waals surface area contributed by atoms with Gasteiger partial charge >= 0.3 is 12.3 Å². The maximum absolute atomic E-state index is 13.4. The summed E-state index contributed by atoms with van der Waals surface area (Å²) in [5.41, 5.74) is -0.847. The van der Waals surface area contributed by atoms with Crippen molar-refractivity contribution in [1.29, 1.82) is 0 Å². The number of anilines is 1. The Hall–Kier alpha value is -4.42. The van der Waals surface area contributed by atoms with Gasteiger partial charge in [-0.3, -0.25) is 14.9 Å². The third kappa shape index (κ3) is 5.25. The van der Waals surface area contributed by atoms with Crippen LogP contribution in [0.3, 0.4) is 0 Å². The summed E-state index contributed by atoms with van der Waals surface area (Å²) in [6.45, 7) is 2.05. The number of nitrogens with zero attached hydrogens (tertiary/aromatic N) is 4. The Morgan fingerprint density at radius 1 is 1.22 bits per heavy atom. The van der Waals surface area contributed by atoms with Gasteiger partial charge < -0.3 is 15.3 Å². The second-order valence-corrected chi connectivity index (χ2v) is 8.69. The van der Waals surface area contributed by atoms with Gasteiger partial charge in [0.2, 0.25) is 0 Å². The van der Waals surface area contributed by atoms with Crippen LogP contribution in [0.5, 0.6) is 0 Å². The fraction of sp³-hybridized carbons (Fsp3) is 0.292. The van der Waals surface area contributed by atoms with Crippen molar-refractivity contribution in [2.75, 3.05) is 18.4 Å². The SMILES string of the molecule is C[C@@H](Nc1nn(C)c(=O)c2ccc(C3=CCCN(C(=O)O)C3)cc12)c1cc([N+](=O)[O-])cc(C(F)(F)F)c1. The molecule has 4 rings (SSSR count). The van der Waals surface area contributed by atoms with Crippen molar-refractivity contribution in [3.8, 4) is 0 Å². The Kier molecular flexibility index (Phi) is 6.63. The lowest BCUT2D eigenvalue weighted by atomic mass is 9.98. The van der Waals surface area contributed by atoms with E-state index in [4.69, 9.17) is 0 Å². The Bertz CT molecular complexity index is 1500. The van der Waals surface area contributed by atoms with E-state index in [-0.39, 0.29) is 23.3 Å². The summed E-state index contributed by atoms with van der Waals surface area (Å²) in [5, 5.41) is 28.5. The number of hydrogen-bond acceptors (Lipinski definition) is 6. The molecule has 0 unspecified atom stereocenters. The Morgan fingerprint density at radius 3 is 2.59 bits per heavy atom. The van der Waals surface area contributed by atoms with Crippen LogP contribution >= 0.6 is 0 Å². The first-order valence-electron chi connectivity index (χ1n) is 11.2. The van der Waals surface area contributed by atoms with Gasteiger partial charge in [-0.1, -0.05) is 12.1 Å². The van der Waals surface area contributed by atoms with Crippen molar-refractivity contribution in [2.45, 2.75) is 25.6 Å². The van der Waals surface area contributed by atoms with E-state index in [1.807, 2.05) is 6.08 Å². The molecular formula is C24H22F3N5O5. The number of alkyl halides is 3. The number of rotatable bonds is 5. The third-order valence-corrected chi connectivity index (χ3v) is 6.17. The zero-order valence-corrected chi connectivity index (χ0v) is 19.7. The lowest BCUT2D eigenvalue weighted by Crippen LogP contribution is -2.34. The van der Waals surface area contributed by atoms with Gasteiger partial charge in [-0.25, -0.2) is 9.48 Å². The highest BCUT2D eigenvalue weighted by molar-refractivity contribution is 5.94. The van der Waals surface area contributed by atoms with E-state index in [2.05, 4.69) is 10.4 Å². The quantitative estimate of drug-likeness (QED) is 0.367. The first kappa shape index (κ1) is 25.7. The first-order valence-corrected chi connectivity index (χ1v) is 11.2. The molecule has 0 bridgehead atoms. The second-order valence-electron chi connectivity index (χ2n) is 8.69. The molecule has 0 saturated carbocycles. The van der Waals surface area contributed by atoms with E-state index in [0.717, 1.165) is 22.4 Å². The third-order valence-electron chi connectivity index (χ3n) is 6.17. The summed E-state index contributed by atoms with van der Waals surface area (Å²) in [7, 11) is 1.43. The molecule has 1 amide bonds. The molecule has 0 radical (unpaired) electrons. The molecule has 0 fully saturated rings. The maximum atomic E-state index is 13.4. The number of nitro groups is 1. The smallest absolute Gasteiger partial charge is 0.416 e. The Labute approximate surface area is 207 Å². The molecule has 1 aliphatic rings. The highest BCUT2D eigenvalue weighted by Gasteiger charge is 2.33. The van der Waals surface area contributed by atoms with Gasteiger partial charge in [0, 0.05) is 37.7 Å². The molecule has 194 valence electrons. The fourth-order valence-electron chi connectivity index (χ4n) is 4.22. The largest absolute Gasteiger partial charge is 0.465 e. The van der Waals surface area contributed by atoms with Gasteiger partial charge in [0.25, 0.3) is 11.2 Å². The number of nitro benzene ring substituents is 1. The van der Waals surface area contributed by atoms with Crippen molar-refractivity contribution >= 4 is 33.9 Å². The molecule has 0 saturated heterocycles. The van der Waals surface area contributed by atoms with E-state index < -0.39 is 40.0 Å². The van der Waals surface area contributed by atoms with E-state index in [0.29, 0.717) is 30.0 Å². The maximum Gasteiger partial charge on any atom is 0.416 e. The van der Waals surface area contributed by atoms with Gasteiger partial charge in [-0.2, -0.15) is 18.3 Å². The topological polar surface area (TPSA) is 131 Å². The van der Waals surface area contributed by atoms with E-state index in [9.17, 15) is 38.0 Å². The summed E-state index contributed by atoms with van der Waals surface area (Å²) >= 11 is 0. The molecule has 10 nitrogen and oxygen atoms in total. The standard InChI is InChI=1S/C24H22F3N5O5/c1-13(16-8-17(24(25,26)27)11-18(9-16)32(36)37)28-21-20-10-14(5-6-19(20)22(33)30(2)29-21)15-4-3-7-31(12-15)23(34)35/h4-6,8-11,13H,3,7,12H2,1-2H3,(H,28,29)(H,34,35)/t13-/m1/s1. The lowest BCUT2D eigenvalue weighted by molar-refractivity contribution is -0.385. The van der Waals surface area contributed by atoms with E-state index in [1.54, 1.807) is 18.2 Å². The molecule has 2 heterocycles. The number of aryl methyl sites for hydroxylation is 1. The van der Waals surface area contributed by atoms with Crippen molar-refractivity contribution in [3.05, 3.63) is 79.6 Å². The average molecular weight is 517 g/mol. The van der Waals surface area contributed by atoms with Crippen molar-refractivity contribution in [2.24, 2.45) is 7.05 Å². The highest BCUT2D eigenvalue weighted by atomic mass is 19.4. The monoisotopic (exact) mass is 517 g/mol. The van der Waals surface area contributed by atoms with Crippen molar-refractivity contribution in [3.63, 3.8) is 0 Å². The van der Waals surface area contributed by atoms with Crippen LogP contribution in [0.4, 0.5) is 29.5 Å². The van der Waals surface area contributed by atoms with Crippen LogP contribution in [0.25, 0.3) is 16.3 Å². The predicted molar refractivity (Wildman–Crippen MR) is 129 cm³/mol. The molecule has 2 N–H and O–H groups in total. The molecule has 0 aliphatic carbocycles. The predicted octanol–water partition coefficient (Wildman–Crippen LogP) is 4.80. The number of halogens is 3. The minimum absolute atomic E-state index is 0.00794. The molecular weight excluding hydrogens is 495 g/mol. The zero-order valence-electron chi connectivity index (χ0n) is 19.7. The number of benzene rings is 2. The number of fused-ring (bicyclic) bond motifs is 1. The minimum atomic E-state index is -4.78. The number of aromatic nitrogens is 2. The Balaban J connectivity index is 1.77. The molecule has 13 heteroatoms. The van der Waals surface area contributed by atoms with Crippen LogP contribution in [-0.4, -0.2) is 43.9 Å². The highest BCUT2D eigenvalue weighted by Crippen LogP contribution is 2.35. The van der Waals surface area contributed by atoms with E-state index >= 15 is 0 Å². The van der Waals surface area contributed by atoms with Crippen molar-refractivity contribution in [1.82, 2.24) is 14.7 Å². The molecule has 1 atom stereocenters. The van der Waals surface area contributed by atoms with Gasteiger partial charge in [-0.15, -0.1) is 0 Å². The van der Waals surface area contributed by atoms with Gasteiger partial charge in [0.1, 0.15) is 0 Å². The molecule has 37 heavy (non-hydrogen) atoms. The summed E-state index contributed by atoms with van der Waals surface area (Å²) in [6.07, 6.45) is -3.40. The number of hydrogen-bond donors (Lipinski definition) is 2. The molecule has 2 aromatic carbocycles. The Morgan fingerprint density at radius 2 is 1.95 bits per heavy atom. The summed E-state index contributed by atoms with van der Waals surface area (Å²) in [5.74, 6) is 0.179. The van der Waals surface area contributed by atoms with Crippen LogP contribution < -0.4 is 10.9 Å². The lowest BCUT2D eigenvalue weighted by Gasteiger charge is -2.25. The number of non-ortho nitro benzene ring substituents is 1. The average Bonchev–Trinajstić information content (AvgIpc) is 2.86. The molecule has 1 aromatic heterocycles. The van der Waals surface area contributed by atoms with Crippen LogP contribution in [0.1, 0.15) is 36.1 Å². The van der Waals surface area contributed by atoms with Crippen molar-refractivity contribution < 1.29 is 28.0 Å². The summed E-state index contributed by atoms with van der Waals surface area (Å²) in [4.78, 5) is 35.7. The van der Waals surface area contributed by atoms with Gasteiger partial charge in [0.05, 0.1) is 21.9 Å². The van der Waals surface area contributed by atoms with E-state index in [1.165, 1.54) is 18.9 Å². The molecule has 0 spiro atoms. The number of carbonyl (C=O) groups is 1. The summed E-state index contributed by atoms with van der Waals surface area (Å²) in [6, 6.07) is 6.45. The molecule has 1 aliphatic heterocycles. The summed E-state index contributed by atoms with van der Waals surface area (Å²) < 4.78 is 41.2. The fourth-order valence-corrected chi connectivity index (χ4v) is 4.22. The number of nitrogens with one attached hydrogen (secondary N) is 1. The number of amides is 1. The van der Waals surface area contributed by atoms with Crippen LogP contribution in [0, 0.1) is 10.1 Å².